The molecule has 0 atom stereocenters. The Kier molecular flexibility index (Phi) is 7.89. The Morgan fingerprint density at radius 2 is 1.42 bits per heavy atom. The van der Waals surface area contributed by atoms with Crippen LogP contribution in [0.5, 0.6) is 0 Å². The predicted octanol–water partition coefficient (Wildman–Crippen LogP) is 4.57. The average Bonchev–Trinajstić information content (AvgIpc) is 2.65. The van der Waals surface area contributed by atoms with E-state index < -0.39 is 0 Å². The van der Waals surface area contributed by atoms with Crippen LogP contribution in [0.3, 0.4) is 0 Å². The summed E-state index contributed by atoms with van der Waals surface area (Å²) in [5, 5.41) is 0. The fourth-order valence-electron chi connectivity index (χ4n) is 3.40. The van der Waals surface area contributed by atoms with Crippen LogP contribution in [0.2, 0.25) is 0 Å². The molecule has 1 saturated heterocycles. The SMILES string of the molecule is CCOC(=O)CN1CCC(=C(c2ccccc2)c2ccccc2)CC1.Cl. The Balaban J connectivity index is 0.00000243. The lowest BCUT2D eigenvalue weighted by molar-refractivity contribution is -0.144. The number of carbonyl (C=O) groups excluding carboxylic acids is 1. The summed E-state index contributed by atoms with van der Waals surface area (Å²) in [5.41, 5.74) is 5.35. The normalized spacial score (nSPS) is 14.4. The molecule has 0 aromatic heterocycles. The van der Waals surface area contributed by atoms with Crippen molar-refractivity contribution in [2.75, 3.05) is 26.2 Å². The number of halogens is 1. The Bertz CT molecular complexity index is 677. The lowest BCUT2D eigenvalue weighted by Gasteiger charge is -2.29. The molecule has 0 radical (unpaired) electrons. The van der Waals surface area contributed by atoms with Crippen LogP contribution in [0, 0.1) is 0 Å². The number of carbonyl (C=O) groups is 1. The van der Waals surface area contributed by atoms with Crippen LogP contribution >= 0.6 is 12.4 Å². The number of rotatable bonds is 5. The van der Waals surface area contributed by atoms with E-state index in [9.17, 15) is 4.79 Å². The number of esters is 1. The third-order valence-corrected chi connectivity index (χ3v) is 4.60. The summed E-state index contributed by atoms with van der Waals surface area (Å²) in [6.45, 7) is 4.49. The summed E-state index contributed by atoms with van der Waals surface area (Å²) in [6, 6.07) is 21.2. The van der Waals surface area contributed by atoms with E-state index in [-0.39, 0.29) is 18.4 Å². The highest BCUT2D eigenvalue weighted by molar-refractivity contribution is 5.85. The molecule has 0 amide bonds. The maximum Gasteiger partial charge on any atom is 0.320 e. The van der Waals surface area contributed by atoms with Gasteiger partial charge in [-0.25, -0.2) is 0 Å². The van der Waals surface area contributed by atoms with E-state index in [0.717, 1.165) is 25.9 Å². The van der Waals surface area contributed by atoms with Crippen LogP contribution in [-0.4, -0.2) is 37.1 Å². The van der Waals surface area contributed by atoms with Gasteiger partial charge in [-0.3, -0.25) is 9.69 Å². The van der Waals surface area contributed by atoms with Crippen molar-refractivity contribution in [2.24, 2.45) is 0 Å². The first-order valence-electron chi connectivity index (χ1n) is 8.98. The van der Waals surface area contributed by atoms with Gasteiger partial charge in [0.1, 0.15) is 0 Å². The molecule has 1 aliphatic heterocycles. The van der Waals surface area contributed by atoms with Crippen molar-refractivity contribution in [1.82, 2.24) is 4.90 Å². The maximum atomic E-state index is 11.7. The molecule has 1 fully saturated rings. The largest absolute Gasteiger partial charge is 0.465 e. The van der Waals surface area contributed by atoms with Crippen molar-refractivity contribution in [2.45, 2.75) is 19.8 Å². The van der Waals surface area contributed by atoms with Gasteiger partial charge in [0.05, 0.1) is 13.2 Å². The van der Waals surface area contributed by atoms with Gasteiger partial charge in [-0.2, -0.15) is 0 Å². The monoisotopic (exact) mass is 371 g/mol. The van der Waals surface area contributed by atoms with Crippen molar-refractivity contribution in [3.8, 4) is 0 Å². The quantitative estimate of drug-likeness (QED) is 0.721. The molecule has 0 N–H and O–H groups in total. The molecule has 26 heavy (non-hydrogen) atoms. The second-order valence-electron chi connectivity index (χ2n) is 6.29. The van der Waals surface area contributed by atoms with Crippen LogP contribution in [0.15, 0.2) is 66.2 Å². The van der Waals surface area contributed by atoms with Gasteiger partial charge in [0, 0.05) is 13.1 Å². The van der Waals surface area contributed by atoms with Crippen LogP contribution in [0.4, 0.5) is 0 Å². The number of hydrogen-bond donors (Lipinski definition) is 0. The molecular weight excluding hydrogens is 346 g/mol. The van der Waals surface area contributed by atoms with Gasteiger partial charge in [-0.05, 0) is 36.5 Å². The first kappa shape index (κ1) is 20.2. The number of likely N-dealkylation sites (tertiary alicyclic amines) is 1. The van der Waals surface area contributed by atoms with Crippen LogP contribution in [0.1, 0.15) is 30.9 Å². The van der Waals surface area contributed by atoms with Crippen molar-refractivity contribution in [3.05, 3.63) is 77.4 Å². The molecule has 3 nitrogen and oxygen atoms in total. The Morgan fingerprint density at radius 1 is 0.923 bits per heavy atom. The number of benzene rings is 2. The number of hydrogen-bond acceptors (Lipinski definition) is 3. The van der Waals surface area contributed by atoms with E-state index >= 15 is 0 Å². The second-order valence-corrected chi connectivity index (χ2v) is 6.29. The zero-order valence-corrected chi connectivity index (χ0v) is 16.0. The minimum atomic E-state index is -0.124. The zero-order chi connectivity index (χ0) is 17.5. The van der Waals surface area contributed by atoms with E-state index in [4.69, 9.17) is 4.74 Å². The molecule has 0 saturated carbocycles. The van der Waals surface area contributed by atoms with Gasteiger partial charge in [0.15, 0.2) is 0 Å². The zero-order valence-electron chi connectivity index (χ0n) is 15.2. The minimum absolute atomic E-state index is 0. The lowest BCUT2D eigenvalue weighted by Crippen LogP contribution is -2.36. The van der Waals surface area contributed by atoms with E-state index in [1.807, 2.05) is 6.92 Å². The molecule has 3 rings (SSSR count). The van der Waals surface area contributed by atoms with Crippen molar-refractivity contribution in [1.29, 1.82) is 0 Å². The Labute approximate surface area is 162 Å². The highest BCUT2D eigenvalue weighted by atomic mass is 35.5. The van der Waals surface area contributed by atoms with Crippen LogP contribution < -0.4 is 0 Å². The Hall–Kier alpha value is -2.10. The highest BCUT2D eigenvalue weighted by Gasteiger charge is 2.20. The van der Waals surface area contributed by atoms with Gasteiger partial charge in [-0.1, -0.05) is 66.2 Å². The third-order valence-electron chi connectivity index (χ3n) is 4.60. The Morgan fingerprint density at radius 3 is 1.88 bits per heavy atom. The topological polar surface area (TPSA) is 29.5 Å². The third kappa shape index (κ3) is 5.20. The van der Waals surface area contributed by atoms with Crippen molar-refractivity contribution in [3.63, 3.8) is 0 Å². The smallest absolute Gasteiger partial charge is 0.320 e. The fraction of sp³-hybridized carbons (Fsp3) is 0.318. The van der Waals surface area contributed by atoms with E-state index in [0.29, 0.717) is 13.2 Å². The van der Waals surface area contributed by atoms with Gasteiger partial charge in [0.2, 0.25) is 0 Å². The van der Waals surface area contributed by atoms with Crippen LogP contribution in [0.25, 0.3) is 5.57 Å². The highest BCUT2D eigenvalue weighted by Crippen LogP contribution is 2.32. The molecular formula is C22H26ClNO2. The summed E-state index contributed by atoms with van der Waals surface area (Å²) in [4.78, 5) is 13.9. The van der Waals surface area contributed by atoms with Crippen LogP contribution in [-0.2, 0) is 9.53 Å². The minimum Gasteiger partial charge on any atom is -0.465 e. The fourth-order valence-corrected chi connectivity index (χ4v) is 3.40. The first-order chi connectivity index (χ1) is 12.3. The lowest BCUT2D eigenvalue weighted by atomic mass is 9.88. The van der Waals surface area contributed by atoms with Gasteiger partial charge < -0.3 is 4.74 Å². The summed E-state index contributed by atoms with van der Waals surface area (Å²) >= 11 is 0. The molecule has 0 unspecified atom stereocenters. The molecule has 2 aromatic carbocycles. The predicted molar refractivity (Wildman–Crippen MR) is 108 cm³/mol. The van der Waals surface area contributed by atoms with Crippen molar-refractivity contribution >= 4 is 23.9 Å². The molecule has 0 bridgehead atoms. The molecule has 1 aliphatic rings. The standard InChI is InChI=1S/C22H25NO2.ClH/c1-2-25-21(24)17-23-15-13-20(14-16-23)22(18-9-5-3-6-10-18)19-11-7-4-8-12-19;/h3-12H,2,13-17H2,1H3;1H. The first-order valence-corrected chi connectivity index (χ1v) is 8.98. The molecule has 2 aromatic rings. The maximum absolute atomic E-state index is 11.7. The summed E-state index contributed by atoms with van der Waals surface area (Å²) in [6.07, 6.45) is 1.97. The average molecular weight is 372 g/mol. The molecule has 1 heterocycles. The van der Waals surface area contributed by atoms with Gasteiger partial charge >= 0.3 is 5.97 Å². The number of piperidine rings is 1. The summed E-state index contributed by atoms with van der Waals surface area (Å²) in [7, 11) is 0. The van der Waals surface area contributed by atoms with E-state index in [1.165, 1.54) is 22.3 Å². The van der Waals surface area contributed by atoms with Gasteiger partial charge in [-0.15, -0.1) is 12.4 Å². The van der Waals surface area contributed by atoms with Gasteiger partial charge in [0.25, 0.3) is 0 Å². The molecule has 0 spiro atoms. The molecule has 4 heteroatoms. The van der Waals surface area contributed by atoms with E-state index in [2.05, 4.69) is 65.6 Å². The summed E-state index contributed by atoms with van der Waals surface area (Å²) < 4.78 is 5.06. The molecule has 138 valence electrons. The van der Waals surface area contributed by atoms with E-state index in [1.54, 1.807) is 0 Å². The summed E-state index contributed by atoms with van der Waals surface area (Å²) in [5.74, 6) is -0.124. The van der Waals surface area contributed by atoms with Crippen molar-refractivity contribution < 1.29 is 9.53 Å². The second kappa shape index (κ2) is 10.1. The number of nitrogens with zero attached hydrogens (tertiary/aromatic N) is 1. The molecule has 0 aliphatic carbocycles. The number of ether oxygens (including phenoxy) is 1.